The van der Waals surface area contributed by atoms with Gasteiger partial charge in [-0.3, -0.25) is 4.79 Å². The lowest BCUT2D eigenvalue weighted by Crippen LogP contribution is -2.34. The molecule has 0 aliphatic carbocycles. The average Bonchev–Trinajstić information content (AvgIpc) is 2.78. The number of amides is 1. The number of nitrogens with zero attached hydrogens (tertiary/aromatic N) is 1. The van der Waals surface area contributed by atoms with Crippen molar-refractivity contribution < 1.29 is 19.1 Å². The summed E-state index contributed by atoms with van der Waals surface area (Å²) in [4.78, 5) is 26.6. The molecule has 3 aromatic carbocycles. The number of para-hydroxylation sites is 1. The van der Waals surface area contributed by atoms with Crippen molar-refractivity contribution in [2.45, 2.75) is 13.1 Å². The molecular weight excluding hydrogens is 366 g/mol. The van der Waals surface area contributed by atoms with Crippen LogP contribution in [0.1, 0.15) is 21.5 Å². The summed E-state index contributed by atoms with van der Waals surface area (Å²) in [7, 11) is 1.31. The molecule has 0 atom stereocenters. The Kier molecular flexibility index (Phi) is 7.00. The van der Waals surface area contributed by atoms with E-state index in [0.29, 0.717) is 24.4 Å². The zero-order valence-electron chi connectivity index (χ0n) is 16.3. The number of hydrogen-bond acceptors (Lipinski definition) is 4. The van der Waals surface area contributed by atoms with Crippen LogP contribution < -0.4 is 4.74 Å². The van der Waals surface area contributed by atoms with Gasteiger partial charge in [0.1, 0.15) is 11.3 Å². The first-order valence-corrected chi connectivity index (χ1v) is 9.33. The molecule has 0 bridgehead atoms. The van der Waals surface area contributed by atoms with Crippen LogP contribution in [0.5, 0.6) is 5.75 Å². The second kappa shape index (κ2) is 10.1. The van der Waals surface area contributed by atoms with Gasteiger partial charge in [0.05, 0.1) is 7.11 Å². The molecule has 0 N–H and O–H groups in total. The summed E-state index contributed by atoms with van der Waals surface area (Å²) in [6, 6.07) is 26.3. The second-order valence-electron chi connectivity index (χ2n) is 6.50. The van der Waals surface area contributed by atoms with Gasteiger partial charge in [0.2, 0.25) is 0 Å². The summed E-state index contributed by atoms with van der Waals surface area (Å²) in [5, 5.41) is 0. The topological polar surface area (TPSA) is 55.8 Å². The smallest absolute Gasteiger partial charge is 0.341 e. The fourth-order valence-corrected chi connectivity index (χ4v) is 2.94. The minimum atomic E-state index is -0.501. The molecule has 3 rings (SSSR count). The Morgan fingerprint density at radius 3 is 1.83 bits per heavy atom. The molecule has 0 saturated heterocycles. The van der Waals surface area contributed by atoms with Crippen molar-refractivity contribution in [2.24, 2.45) is 0 Å². The number of rotatable bonds is 8. The predicted octanol–water partition coefficient (Wildman–Crippen LogP) is 4.08. The van der Waals surface area contributed by atoms with Crippen LogP contribution in [0.25, 0.3) is 0 Å². The molecule has 0 heterocycles. The molecule has 5 nitrogen and oxygen atoms in total. The van der Waals surface area contributed by atoms with E-state index in [0.717, 1.165) is 11.1 Å². The Bertz CT molecular complexity index is 900. The Balaban J connectivity index is 1.73. The van der Waals surface area contributed by atoms with Gasteiger partial charge in [-0.2, -0.15) is 0 Å². The molecule has 5 heteroatoms. The maximum absolute atomic E-state index is 13.0. The summed E-state index contributed by atoms with van der Waals surface area (Å²) in [6.45, 7) is 0.765. The van der Waals surface area contributed by atoms with E-state index in [4.69, 9.17) is 9.47 Å². The summed E-state index contributed by atoms with van der Waals surface area (Å²) in [5.74, 6) is -0.345. The number of hydrogen-bond donors (Lipinski definition) is 0. The summed E-state index contributed by atoms with van der Waals surface area (Å²) >= 11 is 0. The van der Waals surface area contributed by atoms with E-state index in [1.807, 2.05) is 60.7 Å². The molecule has 0 aliphatic rings. The fraction of sp³-hybridized carbons (Fsp3) is 0.167. The van der Waals surface area contributed by atoms with Gasteiger partial charge in [-0.05, 0) is 23.3 Å². The highest BCUT2D eigenvalue weighted by molar-refractivity contribution is 5.92. The normalized spacial score (nSPS) is 10.2. The highest BCUT2D eigenvalue weighted by atomic mass is 16.5. The van der Waals surface area contributed by atoms with Crippen molar-refractivity contribution in [1.29, 1.82) is 0 Å². The van der Waals surface area contributed by atoms with Crippen LogP contribution in [0, 0.1) is 0 Å². The van der Waals surface area contributed by atoms with Crippen LogP contribution in [0.2, 0.25) is 0 Å². The van der Waals surface area contributed by atoms with Gasteiger partial charge in [0.25, 0.3) is 5.91 Å². The standard InChI is InChI=1S/C24H23NO4/c1-28-24(27)21-14-8-9-15-22(21)29-18-23(26)25(16-19-10-4-2-5-11-19)17-20-12-6-3-7-13-20/h2-15H,16-18H2,1H3. The van der Waals surface area contributed by atoms with Crippen molar-refractivity contribution in [3.8, 4) is 5.75 Å². The van der Waals surface area contributed by atoms with Gasteiger partial charge < -0.3 is 14.4 Å². The van der Waals surface area contributed by atoms with Crippen molar-refractivity contribution in [2.75, 3.05) is 13.7 Å². The number of methoxy groups -OCH3 is 1. The first kappa shape index (κ1) is 20.1. The van der Waals surface area contributed by atoms with Crippen molar-refractivity contribution in [3.05, 3.63) is 102 Å². The summed E-state index contributed by atoms with van der Waals surface area (Å²) in [5.41, 5.74) is 2.36. The van der Waals surface area contributed by atoms with Crippen LogP contribution in [-0.2, 0) is 22.6 Å². The van der Waals surface area contributed by atoms with Crippen molar-refractivity contribution in [3.63, 3.8) is 0 Å². The van der Waals surface area contributed by atoms with Gasteiger partial charge in [-0.25, -0.2) is 4.79 Å². The SMILES string of the molecule is COC(=O)c1ccccc1OCC(=O)N(Cc1ccccc1)Cc1ccccc1. The van der Waals surface area contributed by atoms with Crippen molar-refractivity contribution >= 4 is 11.9 Å². The zero-order valence-corrected chi connectivity index (χ0v) is 16.3. The van der Waals surface area contributed by atoms with Crippen LogP contribution in [0.4, 0.5) is 0 Å². The van der Waals surface area contributed by atoms with Crippen LogP contribution in [0.3, 0.4) is 0 Å². The van der Waals surface area contributed by atoms with Gasteiger partial charge in [-0.1, -0.05) is 72.8 Å². The highest BCUT2D eigenvalue weighted by Gasteiger charge is 2.18. The van der Waals surface area contributed by atoms with E-state index >= 15 is 0 Å². The number of carbonyl (C=O) groups excluding carboxylic acids is 2. The molecule has 0 aliphatic heterocycles. The fourth-order valence-electron chi connectivity index (χ4n) is 2.94. The Morgan fingerprint density at radius 1 is 0.759 bits per heavy atom. The van der Waals surface area contributed by atoms with E-state index in [2.05, 4.69) is 0 Å². The highest BCUT2D eigenvalue weighted by Crippen LogP contribution is 2.19. The number of ether oxygens (including phenoxy) is 2. The Labute approximate surface area is 170 Å². The molecule has 0 aromatic heterocycles. The third kappa shape index (κ3) is 5.69. The number of carbonyl (C=O) groups is 2. The largest absolute Gasteiger partial charge is 0.483 e. The van der Waals surface area contributed by atoms with Gasteiger partial charge in [-0.15, -0.1) is 0 Å². The molecule has 148 valence electrons. The lowest BCUT2D eigenvalue weighted by molar-refractivity contribution is -0.134. The van der Waals surface area contributed by atoms with E-state index < -0.39 is 5.97 Å². The molecule has 0 fully saturated rings. The minimum absolute atomic E-state index is 0.169. The van der Waals surface area contributed by atoms with E-state index in [1.54, 1.807) is 29.2 Å². The second-order valence-corrected chi connectivity index (χ2v) is 6.50. The lowest BCUT2D eigenvalue weighted by Gasteiger charge is -2.23. The molecule has 29 heavy (non-hydrogen) atoms. The molecule has 3 aromatic rings. The maximum atomic E-state index is 13.0. The van der Waals surface area contributed by atoms with E-state index in [-0.39, 0.29) is 12.5 Å². The summed E-state index contributed by atoms with van der Waals surface area (Å²) in [6.07, 6.45) is 0. The molecule has 1 amide bonds. The molecule has 0 saturated carbocycles. The van der Waals surface area contributed by atoms with Crippen LogP contribution in [-0.4, -0.2) is 30.5 Å². The lowest BCUT2D eigenvalue weighted by atomic mass is 10.1. The Morgan fingerprint density at radius 2 is 1.28 bits per heavy atom. The first-order chi connectivity index (χ1) is 14.2. The quantitative estimate of drug-likeness (QED) is 0.545. The van der Waals surface area contributed by atoms with Crippen LogP contribution >= 0.6 is 0 Å². The summed E-state index contributed by atoms with van der Waals surface area (Å²) < 4.78 is 10.5. The van der Waals surface area contributed by atoms with Crippen LogP contribution in [0.15, 0.2) is 84.9 Å². The van der Waals surface area contributed by atoms with E-state index in [1.165, 1.54) is 7.11 Å². The van der Waals surface area contributed by atoms with Gasteiger partial charge in [0.15, 0.2) is 6.61 Å². The van der Waals surface area contributed by atoms with Crippen molar-refractivity contribution in [1.82, 2.24) is 4.90 Å². The Hall–Kier alpha value is -3.60. The van der Waals surface area contributed by atoms with Gasteiger partial charge >= 0.3 is 5.97 Å². The van der Waals surface area contributed by atoms with Gasteiger partial charge in [0, 0.05) is 13.1 Å². The molecule has 0 unspecified atom stereocenters. The predicted molar refractivity (Wildman–Crippen MR) is 110 cm³/mol. The monoisotopic (exact) mass is 389 g/mol. The minimum Gasteiger partial charge on any atom is -0.483 e. The zero-order chi connectivity index (χ0) is 20.5. The third-order valence-corrected chi connectivity index (χ3v) is 4.43. The average molecular weight is 389 g/mol. The molecular formula is C24H23NO4. The maximum Gasteiger partial charge on any atom is 0.341 e. The first-order valence-electron chi connectivity index (χ1n) is 9.33. The number of benzene rings is 3. The molecule has 0 spiro atoms. The number of esters is 1. The molecule has 0 radical (unpaired) electrons. The third-order valence-electron chi connectivity index (χ3n) is 4.43. The van der Waals surface area contributed by atoms with E-state index in [9.17, 15) is 9.59 Å².